The fraction of sp³-hybridized carbons (Fsp3) is 0.632. The quantitative estimate of drug-likeness (QED) is 0.632. The molecule has 1 aromatic rings. The topological polar surface area (TPSA) is 48.9 Å². The summed E-state index contributed by atoms with van der Waals surface area (Å²) in [5, 5.41) is 6.54. The van der Waals surface area contributed by atoms with E-state index in [-0.39, 0.29) is 23.6 Å². The van der Waals surface area contributed by atoms with E-state index in [1.807, 2.05) is 6.07 Å². The first-order valence-corrected chi connectivity index (χ1v) is 8.90. The molecule has 0 amide bonds. The van der Waals surface area contributed by atoms with Crippen molar-refractivity contribution in [3.8, 4) is 0 Å². The molecule has 1 aliphatic heterocycles. The predicted molar refractivity (Wildman–Crippen MR) is 100 cm³/mol. The maximum absolute atomic E-state index is 13.7. The van der Waals surface area contributed by atoms with Gasteiger partial charge in [0.2, 0.25) is 0 Å². The number of nitrogens with zero attached hydrogens (tertiary/aromatic N) is 2. The Balaban J connectivity index is 1.88. The van der Waals surface area contributed by atoms with Crippen LogP contribution in [0.5, 0.6) is 0 Å². The van der Waals surface area contributed by atoms with Crippen molar-refractivity contribution in [2.24, 2.45) is 4.99 Å². The van der Waals surface area contributed by atoms with E-state index in [1.165, 1.54) is 6.07 Å². The van der Waals surface area contributed by atoms with Crippen molar-refractivity contribution in [2.75, 3.05) is 26.7 Å². The van der Waals surface area contributed by atoms with E-state index in [2.05, 4.69) is 48.2 Å². The summed E-state index contributed by atoms with van der Waals surface area (Å²) in [6, 6.07) is 6.77. The molecule has 0 spiro atoms. The minimum Gasteiger partial charge on any atom is -0.373 e. The molecule has 1 heterocycles. The molecule has 0 bridgehead atoms. The average Bonchev–Trinajstić information content (AvgIpc) is 2.55. The van der Waals surface area contributed by atoms with Gasteiger partial charge in [-0.2, -0.15) is 0 Å². The first kappa shape index (κ1) is 19.7. The van der Waals surface area contributed by atoms with Gasteiger partial charge >= 0.3 is 0 Å². The lowest BCUT2D eigenvalue weighted by atomic mass is 10.00. The molecule has 140 valence electrons. The molecule has 1 saturated heterocycles. The number of morpholine rings is 1. The summed E-state index contributed by atoms with van der Waals surface area (Å²) in [5.74, 6) is 0.466. The molecular formula is C19H31FN4O. The van der Waals surface area contributed by atoms with Crippen LogP contribution in [0.1, 0.15) is 33.3 Å². The van der Waals surface area contributed by atoms with E-state index in [9.17, 15) is 4.39 Å². The van der Waals surface area contributed by atoms with Crippen LogP contribution in [0, 0.1) is 5.82 Å². The van der Waals surface area contributed by atoms with Gasteiger partial charge < -0.3 is 15.4 Å². The van der Waals surface area contributed by atoms with Crippen LogP contribution in [-0.4, -0.2) is 55.3 Å². The minimum absolute atomic E-state index is 0.0398. The number of hydrogen-bond donors (Lipinski definition) is 2. The van der Waals surface area contributed by atoms with Crippen LogP contribution in [0.3, 0.4) is 0 Å². The Morgan fingerprint density at radius 2 is 1.88 bits per heavy atom. The zero-order valence-electron chi connectivity index (χ0n) is 16.0. The molecule has 1 aromatic carbocycles. The van der Waals surface area contributed by atoms with Crippen LogP contribution < -0.4 is 10.6 Å². The van der Waals surface area contributed by atoms with E-state index in [0.29, 0.717) is 18.1 Å². The molecule has 1 fully saturated rings. The van der Waals surface area contributed by atoms with Gasteiger partial charge in [0.15, 0.2) is 5.96 Å². The Bertz CT molecular complexity index is 581. The molecule has 0 radical (unpaired) electrons. The number of aliphatic imine (C=N–C) groups is 1. The van der Waals surface area contributed by atoms with Crippen molar-refractivity contribution in [2.45, 2.75) is 52.0 Å². The second kappa shape index (κ2) is 8.63. The van der Waals surface area contributed by atoms with Crippen LogP contribution in [0.2, 0.25) is 0 Å². The predicted octanol–water partition coefficient (Wildman–Crippen LogP) is 2.38. The fourth-order valence-corrected chi connectivity index (χ4v) is 3.13. The Hall–Kier alpha value is -1.66. The molecule has 0 saturated carbocycles. The molecule has 0 aromatic heterocycles. The summed E-state index contributed by atoms with van der Waals surface area (Å²) in [5.41, 5.74) is 0.586. The highest BCUT2D eigenvalue weighted by Gasteiger charge is 2.33. The molecular weight excluding hydrogens is 319 g/mol. The van der Waals surface area contributed by atoms with Crippen LogP contribution in [-0.2, 0) is 11.3 Å². The van der Waals surface area contributed by atoms with E-state index in [1.54, 1.807) is 19.2 Å². The summed E-state index contributed by atoms with van der Waals surface area (Å²) < 4.78 is 19.5. The minimum atomic E-state index is -0.206. The van der Waals surface area contributed by atoms with Gasteiger partial charge in [0.05, 0.1) is 12.2 Å². The highest BCUT2D eigenvalue weighted by molar-refractivity contribution is 5.79. The van der Waals surface area contributed by atoms with Gasteiger partial charge in [-0.1, -0.05) is 18.2 Å². The maximum Gasteiger partial charge on any atom is 0.191 e. The lowest BCUT2D eigenvalue weighted by Gasteiger charge is -2.45. The van der Waals surface area contributed by atoms with Crippen molar-refractivity contribution in [1.29, 1.82) is 0 Å². The van der Waals surface area contributed by atoms with Crippen LogP contribution in [0.15, 0.2) is 29.3 Å². The summed E-state index contributed by atoms with van der Waals surface area (Å²) in [4.78, 5) is 6.69. The largest absolute Gasteiger partial charge is 0.373 e. The van der Waals surface area contributed by atoms with Gasteiger partial charge in [0, 0.05) is 44.3 Å². The second-order valence-corrected chi connectivity index (χ2v) is 7.35. The monoisotopic (exact) mass is 350 g/mol. The van der Waals surface area contributed by atoms with Crippen molar-refractivity contribution in [1.82, 2.24) is 15.5 Å². The smallest absolute Gasteiger partial charge is 0.191 e. The molecule has 2 rings (SSSR count). The molecule has 1 aliphatic rings. The van der Waals surface area contributed by atoms with Gasteiger partial charge in [-0.3, -0.25) is 9.89 Å². The summed E-state index contributed by atoms with van der Waals surface area (Å²) >= 11 is 0. The molecule has 0 aliphatic carbocycles. The molecule has 25 heavy (non-hydrogen) atoms. The van der Waals surface area contributed by atoms with Gasteiger partial charge in [-0.15, -0.1) is 0 Å². The molecule has 2 atom stereocenters. The number of guanidine groups is 1. The van der Waals surface area contributed by atoms with Crippen LogP contribution in [0.25, 0.3) is 0 Å². The molecule has 6 heteroatoms. The molecule has 2 unspecified atom stereocenters. The van der Waals surface area contributed by atoms with Gasteiger partial charge in [0.1, 0.15) is 5.82 Å². The van der Waals surface area contributed by atoms with Crippen LogP contribution in [0.4, 0.5) is 4.39 Å². The number of halogens is 1. The fourth-order valence-electron chi connectivity index (χ4n) is 3.13. The molecule has 2 N–H and O–H groups in total. The highest BCUT2D eigenvalue weighted by atomic mass is 19.1. The van der Waals surface area contributed by atoms with Crippen molar-refractivity contribution >= 4 is 5.96 Å². The third kappa shape index (κ3) is 5.68. The number of benzene rings is 1. The summed E-state index contributed by atoms with van der Waals surface area (Å²) in [6.07, 6.45) is 0.475. The normalized spacial score (nSPS) is 22.7. The van der Waals surface area contributed by atoms with E-state index in [4.69, 9.17) is 4.74 Å². The first-order chi connectivity index (χ1) is 11.8. The van der Waals surface area contributed by atoms with Crippen molar-refractivity contribution in [3.63, 3.8) is 0 Å². The lowest BCUT2D eigenvalue weighted by molar-refractivity contribution is -0.0946. The Morgan fingerprint density at radius 3 is 2.48 bits per heavy atom. The zero-order valence-corrected chi connectivity index (χ0v) is 16.0. The Kier molecular flexibility index (Phi) is 6.79. The third-order valence-electron chi connectivity index (χ3n) is 4.59. The highest BCUT2D eigenvalue weighted by Crippen LogP contribution is 2.20. The van der Waals surface area contributed by atoms with Crippen molar-refractivity contribution in [3.05, 3.63) is 35.6 Å². The number of hydrogen-bond acceptors (Lipinski definition) is 3. The van der Waals surface area contributed by atoms with E-state index < -0.39 is 0 Å². The lowest BCUT2D eigenvalue weighted by Crippen LogP contribution is -2.59. The van der Waals surface area contributed by atoms with E-state index in [0.717, 1.165) is 19.6 Å². The standard InChI is InChI=1S/C19H31FN4O/c1-14-11-24(12-15(2)25-14)19(3,4)13-23-18(21-5)22-10-16-8-6-7-9-17(16)20/h6-9,14-15H,10-13H2,1-5H3,(H2,21,22,23). The Labute approximate surface area is 150 Å². The van der Waals surface area contributed by atoms with Gasteiger partial charge in [0.25, 0.3) is 0 Å². The van der Waals surface area contributed by atoms with Crippen molar-refractivity contribution < 1.29 is 9.13 Å². The second-order valence-electron chi connectivity index (χ2n) is 7.35. The van der Waals surface area contributed by atoms with Gasteiger partial charge in [-0.05, 0) is 33.8 Å². The number of rotatable bonds is 5. The van der Waals surface area contributed by atoms with Crippen LogP contribution >= 0.6 is 0 Å². The number of nitrogens with one attached hydrogen (secondary N) is 2. The summed E-state index contributed by atoms with van der Waals surface area (Å²) in [6.45, 7) is 11.6. The van der Waals surface area contributed by atoms with E-state index >= 15 is 0 Å². The first-order valence-electron chi connectivity index (χ1n) is 8.90. The third-order valence-corrected chi connectivity index (χ3v) is 4.59. The molecule has 5 nitrogen and oxygen atoms in total. The SMILES string of the molecule is CN=C(NCc1ccccc1F)NCC(C)(C)N1CC(C)OC(C)C1. The van der Waals surface area contributed by atoms with Gasteiger partial charge in [-0.25, -0.2) is 4.39 Å². The maximum atomic E-state index is 13.7. The average molecular weight is 350 g/mol. The Morgan fingerprint density at radius 1 is 1.24 bits per heavy atom. The summed E-state index contributed by atoms with van der Waals surface area (Å²) in [7, 11) is 1.72. The zero-order chi connectivity index (χ0) is 18.4. The number of ether oxygens (including phenoxy) is 1.